The molecule has 0 radical (unpaired) electrons. The lowest BCUT2D eigenvalue weighted by Gasteiger charge is -2.36. The van der Waals surface area contributed by atoms with E-state index >= 15 is 0 Å². The number of rotatable bonds is 17. The third-order valence-corrected chi connectivity index (χ3v) is 23.3. The summed E-state index contributed by atoms with van der Waals surface area (Å²) < 4.78 is 17.1. The molecule has 5 fully saturated rings. The molecule has 0 aliphatic heterocycles. The molecular formula is C80H97BBr2N16O14S5. The van der Waals surface area contributed by atoms with Gasteiger partial charge in [0.25, 0.3) is 23.6 Å². The van der Waals surface area contributed by atoms with E-state index in [9.17, 15) is 38.4 Å². The second-order valence-corrected chi connectivity index (χ2v) is 38.7. The lowest BCUT2D eigenvalue weighted by molar-refractivity contribution is 0.0450. The number of nitrogens with zero attached hydrogens (tertiary/aromatic N) is 6. The van der Waals surface area contributed by atoms with Crippen LogP contribution in [-0.4, -0.2) is 172 Å². The summed E-state index contributed by atoms with van der Waals surface area (Å²) in [6.07, 6.45) is 16.9. The third kappa shape index (κ3) is 32.9. The van der Waals surface area contributed by atoms with Crippen LogP contribution in [-0.2, 0) is 14.2 Å². The Labute approximate surface area is 721 Å². The van der Waals surface area contributed by atoms with Crippen LogP contribution in [0, 0.1) is 11.5 Å². The zero-order valence-corrected chi connectivity index (χ0v) is 73.6. The number of carbonyl (C=O) groups excluding carboxylic acids is 7. The number of nitrogens with one attached hydrogen (secondary N) is 8. The summed E-state index contributed by atoms with van der Waals surface area (Å²) in [6.45, 7) is 16.5. The normalized spacial score (nSPS) is 19.6. The fourth-order valence-electron chi connectivity index (χ4n) is 11.3. The number of hydrogen-bond acceptors (Lipinski definition) is 27. The van der Waals surface area contributed by atoms with E-state index in [2.05, 4.69) is 99.3 Å². The Balaban J connectivity index is 0.000000176. The van der Waals surface area contributed by atoms with Crippen molar-refractivity contribution in [2.75, 3.05) is 0 Å². The van der Waals surface area contributed by atoms with Gasteiger partial charge in [-0.25, -0.2) is 44.1 Å². The molecule has 5 aliphatic carbocycles. The number of benzene rings is 4. The lowest BCUT2D eigenvalue weighted by atomic mass is 9.81. The van der Waals surface area contributed by atoms with Crippen LogP contribution in [0.1, 0.15) is 176 Å². The highest BCUT2D eigenvalue weighted by Crippen LogP contribution is 2.32. The fourth-order valence-corrected chi connectivity index (χ4v) is 15.9. The second kappa shape index (κ2) is 44.9. The van der Waals surface area contributed by atoms with E-state index in [1.54, 1.807) is 49.1 Å². The molecule has 5 heterocycles. The Kier molecular flexibility index (Phi) is 35.7. The van der Waals surface area contributed by atoms with Crippen LogP contribution in [0.5, 0.6) is 0 Å². The molecule has 7 amide bonds. The van der Waals surface area contributed by atoms with Crippen molar-refractivity contribution in [1.29, 1.82) is 5.26 Å². The van der Waals surface area contributed by atoms with Gasteiger partial charge in [-0.05, 0) is 181 Å². The molecule has 5 aromatic heterocycles. The van der Waals surface area contributed by atoms with E-state index in [4.69, 9.17) is 46.1 Å². The standard InChI is InChI=1S/C19H23N3O3S.C15H14N4OS.C14H15N3OS.C13H18BrN3O3S.C9H18N2O2.C6H7BO2.C4H2BrNO2S/c1-19(2,3)25-18(24)22-14-9-13(10-14)21-16(23)17-20-11-15(26-17)12-7-5-4-6-8-12;16-9-18-11-6-12(7-11)19-14(20)15-17-8-13(21-15)10-4-2-1-3-5-10;15-10-6-11(7-10)17-13(18)14-16-8-12(19-14)9-4-2-1-3-5-9;1-13(2,3)20-12(19)17-8-4-7(5-8)16-10(18)11-15-6-9(14)21-11;1-9(2,3)13-8(12)11-7-4-6(10)5-7;8-7(9)6-4-2-1-3-5-6;5-2-1-6-3(9-2)4(7)8/h4-8,11,13-14H,9-10H2,1-3H3,(H,21,23)(H,22,24);1-5,8,11-12,18H,6-7H2,(H,19,20);1-5,8,10-11H,6-7,15H2,(H,17,18);6-8H,4-5H2,1-3H3,(H,16,18)(H,17,19);6-7H,4-5,10H2,1-3H3,(H,11,12);1-5,8-9H;1H,(H,7,8). The van der Waals surface area contributed by atoms with Gasteiger partial charge in [0.05, 0.1) is 34.6 Å². The molecule has 0 unspecified atom stereocenters. The Morgan fingerprint density at radius 1 is 0.398 bits per heavy atom. The Morgan fingerprint density at radius 3 is 0.898 bits per heavy atom. The van der Waals surface area contributed by atoms with Gasteiger partial charge in [-0.15, -0.1) is 56.7 Å². The van der Waals surface area contributed by atoms with Crippen LogP contribution in [0.3, 0.4) is 0 Å². The first kappa shape index (κ1) is 93.8. The average molecular weight is 1840 g/mol. The van der Waals surface area contributed by atoms with Crippen molar-refractivity contribution in [2.24, 2.45) is 11.5 Å². The number of hydrogen-bond donors (Lipinski definition) is 13. The minimum Gasteiger partial charge on any atom is -0.476 e. The number of aromatic carboxylic acids is 1. The average Bonchev–Trinajstić information content (AvgIpc) is 1.58. The Bertz CT molecular complexity index is 4760. The van der Waals surface area contributed by atoms with Crippen molar-refractivity contribution in [3.8, 4) is 37.5 Å². The van der Waals surface area contributed by atoms with Gasteiger partial charge in [0, 0.05) is 79.0 Å². The molecule has 118 heavy (non-hydrogen) atoms. The minimum atomic E-state index is -1.34. The zero-order chi connectivity index (χ0) is 85.9. The number of nitriles is 1. The number of ether oxygens (including phenoxy) is 3. The van der Waals surface area contributed by atoms with E-state index in [-0.39, 0.29) is 95.1 Å². The number of alkyl carbamates (subject to hydrolysis) is 3. The van der Waals surface area contributed by atoms with Crippen LogP contribution in [0.15, 0.2) is 160 Å². The number of carboxylic acid groups (broad SMARTS) is 1. The predicted molar refractivity (Wildman–Crippen MR) is 465 cm³/mol. The lowest BCUT2D eigenvalue weighted by Crippen LogP contribution is -2.54. The molecular weight excluding hydrogens is 1740 g/mol. The largest absolute Gasteiger partial charge is 0.488 e. The smallest absolute Gasteiger partial charge is 0.476 e. The minimum absolute atomic E-state index is 0.0336. The zero-order valence-electron chi connectivity index (χ0n) is 66.3. The third-order valence-electron chi connectivity index (χ3n) is 17.2. The number of carboxylic acids is 1. The highest BCUT2D eigenvalue weighted by molar-refractivity contribution is 9.11. The monoisotopic (exact) mass is 1830 g/mol. The maximum atomic E-state index is 12.3. The molecule has 0 spiro atoms. The molecule has 4 aromatic carbocycles. The molecule has 5 aliphatic rings. The molecule has 0 bridgehead atoms. The van der Waals surface area contributed by atoms with Gasteiger partial charge in [0.2, 0.25) is 5.01 Å². The summed E-state index contributed by atoms with van der Waals surface area (Å²) in [6, 6.07) is 39.8. The van der Waals surface area contributed by atoms with Gasteiger partial charge in [-0.1, -0.05) is 121 Å². The first-order chi connectivity index (χ1) is 55.9. The highest BCUT2D eigenvalue weighted by atomic mass is 79.9. The molecule has 5 saturated carbocycles. The van der Waals surface area contributed by atoms with Gasteiger partial charge in [0.15, 0.2) is 26.2 Å². The SMILES string of the molecule is CC(C)(C)OC(=O)NC1CC(N)C1.CC(C)(C)OC(=O)NC1CC(NC(=O)c2ncc(-c3ccccc3)s2)C1.CC(C)(C)OC(=O)NC1CC(NC(=O)c2ncc(Br)s2)C1.N#CNC1CC(NC(=O)c2ncc(-c3ccccc3)s2)C1.NC1CC(NC(=O)c2ncc(-c3ccccc3)s2)C1.O=C(O)c1ncc(Br)s1.OB(O)c1ccccc1. The summed E-state index contributed by atoms with van der Waals surface area (Å²) in [5.41, 5.74) is 13.6. The van der Waals surface area contributed by atoms with Crippen molar-refractivity contribution < 1.29 is 67.7 Å². The van der Waals surface area contributed by atoms with Crippen LogP contribution in [0.2, 0.25) is 0 Å². The van der Waals surface area contributed by atoms with Crippen molar-refractivity contribution in [3.05, 3.63) is 185 Å². The summed E-state index contributed by atoms with van der Waals surface area (Å²) in [4.78, 5) is 116. The van der Waals surface area contributed by atoms with Gasteiger partial charge < -0.3 is 83.4 Å². The summed E-state index contributed by atoms with van der Waals surface area (Å²) in [5, 5.41) is 58.8. The van der Waals surface area contributed by atoms with Gasteiger partial charge in [-0.2, -0.15) is 5.26 Å². The van der Waals surface area contributed by atoms with Crippen molar-refractivity contribution in [3.63, 3.8) is 0 Å². The summed E-state index contributed by atoms with van der Waals surface area (Å²) in [5.74, 6) is -1.55. The molecule has 14 rings (SSSR count). The number of nitrogens with two attached hydrogens (primary N) is 2. The molecule has 30 nitrogen and oxygen atoms in total. The van der Waals surface area contributed by atoms with Gasteiger partial charge in [0.1, 0.15) is 16.8 Å². The molecule has 628 valence electrons. The van der Waals surface area contributed by atoms with E-state index in [1.807, 2.05) is 166 Å². The maximum absolute atomic E-state index is 12.3. The highest BCUT2D eigenvalue weighted by Gasteiger charge is 2.37. The van der Waals surface area contributed by atoms with E-state index in [0.717, 1.165) is 88.8 Å². The van der Waals surface area contributed by atoms with Crippen LogP contribution < -0.4 is 59.5 Å². The number of halogens is 2. The predicted octanol–water partition coefficient (Wildman–Crippen LogP) is 12.4. The molecule has 0 atom stereocenters. The molecule has 15 N–H and O–H groups in total. The van der Waals surface area contributed by atoms with E-state index < -0.39 is 42.1 Å². The second-order valence-electron chi connectivity index (χ2n) is 30.8. The number of thiazole rings is 5. The van der Waals surface area contributed by atoms with Crippen molar-refractivity contribution >= 4 is 149 Å². The molecule has 9 aromatic rings. The van der Waals surface area contributed by atoms with E-state index in [0.29, 0.717) is 51.2 Å². The molecule has 38 heteroatoms. The Hall–Kier alpha value is -9.66. The number of amides is 7. The fraction of sp³-hybridized carbons (Fsp3) is 0.400. The Morgan fingerprint density at radius 2 is 0.653 bits per heavy atom. The number of carbonyl (C=O) groups is 8. The first-order valence-electron chi connectivity index (χ1n) is 37.7. The van der Waals surface area contributed by atoms with Crippen LogP contribution in [0.25, 0.3) is 31.3 Å². The van der Waals surface area contributed by atoms with E-state index in [1.165, 1.54) is 51.5 Å². The van der Waals surface area contributed by atoms with Crippen molar-refractivity contribution in [2.45, 2.75) is 204 Å². The van der Waals surface area contributed by atoms with Gasteiger partial charge in [-0.3, -0.25) is 19.2 Å². The maximum Gasteiger partial charge on any atom is 0.488 e. The molecule has 0 saturated heterocycles. The topological polar surface area (TPSA) is 461 Å². The first-order valence-corrected chi connectivity index (χ1v) is 43.3. The quantitative estimate of drug-likeness (QED) is 0.0174. The summed E-state index contributed by atoms with van der Waals surface area (Å²) >= 11 is 12.9. The van der Waals surface area contributed by atoms with Crippen molar-refractivity contribution in [1.82, 2.24) is 67.5 Å². The summed E-state index contributed by atoms with van der Waals surface area (Å²) in [7, 11) is -1.34. The van der Waals surface area contributed by atoms with Crippen LogP contribution in [0.4, 0.5) is 14.4 Å². The van der Waals surface area contributed by atoms with Gasteiger partial charge >= 0.3 is 31.4 Å². The van der Waals surface area contributed by atoms with Crippen LogP contribution >= 0.6 is 88.5 Å². The number of aromatic nitrogens is 5.